The number of carbonyl (C=O) groups is 1. The fraction of sp³-hybridized carbons (Fsp3) is 0.333. The molecule has 2 aliphatic rings. The van der Waals surface area contributed by atoms with Crippen molar-refractivity contribution in [2.75, 3.05) is 32.8 Å². The Morgan fingerprint density at radius 2 is 1.95 bits per heavy atom. The number of benzene rings is 1. The van der Waals surface area contributed by atoms with Crippen LogP contribution in [0.25, 0.3) is 5.70 Å². The van der Waals surface area contributed by atoms with E-state index in [2.05, 4.69) is 26.6 Å². The monoisotopic (exact) mass is 544 g/mol. The minimum Gasteiger partial charge on any atom is -0.495 e. The molecule has 4 N–H and O–H groups in total. The van der Waals surface area contributed by atoms with Gasteiger partial charge in [0.05, 0.1) is 43.4 Å². The van der Waals surface area contributed by atoms with Gasteiger partial charge in [-0.15, -0.1) is 5.53 Å². The largest absolute Gasteiger partial charge is 0.495 e. The van der Waals surface area contributed by atoms with E-state index in [9.17, 15) is 18.0 Å². The van der Waals surface area contributed by atoms with Crippen molar-refractivity contribution in [2.45, 2.75) is 20.0 Å². The van der Waals surface area contributed by atoms with Crippen molar-refractivity contribution in [3.8, 4) is 5.75 Å². The van der Waals surface area contributed by atoms with Crippen LogP contribution in [0.15, 0.2) is 66.0 Å². The molecule has 0 radical (unpaired) electrons. The van der Waals surface area contributed by atoms with Crippen LogP contribution in [0, 0.1) is 18.8 Å². The standard InChI is InChI=1S/C27H31F3N6O3/c1-15-6-7-17(9-24(15)36-14-23(34-35-36)18-8-19(38-4)12-32-11-18)26(37)33-22-10-21(27(28,29)30)16(2)20(13-31-3)25(22)39-5/h6-12,14,16,21,31,34-35H,13H2,1-5H3,(H,33,37). The summed E-state index contributed by atoms with van der Waals surface area (Å²) in [4.78, 5) is 17.5. The van der Waals surface area contributed by atoms with Gasteiger partial charge in [0.1, 0.15) is 11.5 Å². The van der Waals surface area contributed by atoms with E-state index in [1.165, 1.54) is 14.0 Å². The molecule has 1 aliphatic heterocycles. The number of allylic oxidation sites excluding steroid dienone is 1. The third-order valence-electron chi connectivity index (χ3n) is 6.73. The number of nitrogens with zero attached hydrogens (tertiary/aromatic N) is 2. The molecule has 1 aromatic heterocycles. The van der Waals surface area contributed by atoms with Gasteiger partial charge in [0.15, 0.2) is 0 Å². The lowest BCUT2D eigenvalue weighted by Gasteiger charge is -2.33. The first-order valence-corrected chi connectivity index (χ1v) is 12.2. The average Bonchev–Trinajstić information content (AvgIpc) is 3.40. The Balaban J connectivity index is 1.62. The smallest absolute Gasteiger partial charge is 0.395 e. The van der Waals surface area contributed by atoms with E-state index >= 15 is 0 Å². The SMILES string of the molecule is CNCC1=C(OC)C(NC(=O)c2ccc(C)c(N3C=C(c4cncc(OC)c4)NN3)c2)=CC(C(F)(F)F)C1C. The summed E-state index contributed by atoms with van der Waals surface area (Å²) in [6, 6.07) is 6.86. The lowest BCUT2D eigenvalue weighted by Crippen LogP contribution is -2.38. The molecular weight excluding hydrogens is 513 g/mol. The number of nitrogens with one attached hydrogen (secondary N) is 4. The van der Waals surface area contributed by atoms with Crippen LogP contribution in [-0.2, 0) is 4.74 Å². The van der Waals surface area contributed by atoms with Crippen LogP contribution in [-0.4, -0.2) is 44.9 Å². The lowest BCUT2D eigenvalue weighted by molar-refractivity contribution is -0.170. The minimum atomic E-state index is -4.48. The highest BCUT2D eigenvalue weighted by Gasteiger charge is 2.46. The number of halogens is 3. The molecule has 12 heteroatoms. The zero-order valence-corrected chi connectivity index (χ0v) is 22.2. The Labute approximate surface area is 224 Å². The van der Waals surface area contributed by atoms with Gasteiger partial charge in [-0.05, 0) is 55.3 Å². The van der Waals surface area contributed by atoms with Gasteiger partial charge in [0.2, 0.25) is 0 Å². The maximum atomic E-state index is 13.9. The molecular formula is C27H31F3N6O3. The second kappa shape index (κ2) is 11.4. The molecule has 0 spiro atoms. The first kappa shape index (κ1) is 28.0. The summed E-state index contributed by atoms with van der Waals surface area (Å²) in [6.45, 7) is 3.57. The third-order valence-corrected chi connectivity index (χ3v) is 6.73. The first-order valence-electron chi connectivity index (χ1n) is 12.2. The van der Waals surface area contributed by atoms with E-state index in [4.69, 9.17) is 9.47 Å². The topological polar surface area (TPSA) is 99.8 Å². The number of rotatable bonds is 8. The number of hydrazine groups is 2. The van der Waals surface area contributed by atoms with Gasteiger partial charge in [-0.25, -0.2) is 0 Å². The van der Waals surface area contributed by atoms with Gasteiger partial charge in [0.25, 0.3) is 5.91 Å². The number of aryl methyl sites for hydroxylation is 1. The van der Waals surface area contributed by atoms with E-state index in [0.717, 1.165) is 22.9 Å². The van der Waals surface area contributed by atoms with E-state index in [-0.39, 0.29) is 23.6 Å². The summed E-state index contributed by atoms with van der Waals surface area (Å²) in [5, 5.41) is 7.25. The molecule has 1 amide bonds. The Morgan fingerprint density at radius 3 is 2.62 bits per heavy atom. The number of hydrogen-bond donors (Lipinski definition) is 4. The molecule has 0 fully saturated rings. The van der Waals surface area contributed by atoms with E-state index in [1.54, 1.807) is 56.0 Å². The number of carbonyl (C=O) groups excluding carboxylic acids is 1. The van der Waals surface area contributed by atoms with Gasteiger partial charge in [-0.2, -0.15) is 13.2 Å². The van der Waals surface area contributed by atoms with Crippen molar-refractivity contribution in [1.29, 1.82) is 0 Å². The van der Waals surface area contributed by atoms with Gasteiger partial charge >= 0.3 is 6.18 Å². The predicted molar refractivity (Wildman–Crippen MR) is 141 cm³/mol. The molecule has 2 atom stereocenters. The van der Waals surface area contributed by atoms with Crippen LogP contribution in [0.1, 0.15) is 28.4 Å². The number of amides is 1. The highest BCUT2D eigenvalue weighted by atomic mass is 19.4. The minimum absolute atomic E-state index is 0.0102. The highest BCUT2D eigenvalue weighted by Crippen LogP contribution is 2.42. The zero-order chi connectivity index (χ0) is 28.3. The summed E-state index contributed by atoms with van der Waals surface area (Å²) in [5.74, 6) is -2.36. The Hall–Kier alpha value is -4.03. The summed E-state index contributed by atoms with van der Waals surface area (Å²) in [6.07, 6.45) is 1.62. The van der Waals surface area contributed by atoms with Crippen molar-refractivity contribution in [3.63, 3.8) is 0 Å². The second-order valence-corrected chi connectivity index (χ2v) is 9.24. The summed E-state index contributed by atoms with van der Waals surface area (Å²) < 4.78 is 52.3. The Bertz CT molecular complexity index is 1340. The number of anilines is 1. The van der Waals surface area contributed by atoms with Crippen molar-refractivity contribution < 1.29 is 27.4 Å². The summed E-state index contributed by atoms with van der Waals surface area (Å²) in [7, 11) is 4.58. The van der Waals surface area contributed by atoms with Crippen LogP contribution < -0.4 is 31.3 Å². The number of methoxy groups -OCH3 is 2. The molecule has 0 bridgehead atoms. The molecule has 2 unspecified atom stereocenters. The molecule has 2 aromatic rings. The number of hydrogen-bond acceptors (Lipinski definition) is 8. The van der Waals surface area contributed by atoms with Gasteiger partial charge in [0, 0.05) is 30.1 Å². The molecule has 1 aromatic carbocycles. The fourth-order valence-electron chi connectivity index (χ4n) is 4.62. The van der Waals surface area contributed by atoms with Gasteiger partial charge in [-0.1, -0.05) is 13.0 Å². The van der Waals surface area contributed by atoms with Gasteiger partial charge in [-0.3, -0.25) is 14.8 Å². The molecule has 0 saturated carbocycles. The maximum Gasteiger partial charge on any atom is 0.395 e. The Morgan fingerprint density at radius 1 is 1.18 bits per heavy atom. The highest BCUT2D eigenvalue weighted by molar-refractivity contribution is 5.97. The molecule has 39 heavy (non-hydrogen) atoms. The van der Waals surface area contributed by atoms with E-state index < -0.39 is 23.9 Å². The fourth-order valence-corrected chi connectivity index (χ4v) is 4.62. The number of pyridine rings is 1. The molecule has 1 aliphatic carbocycles. The molecule has 2 heterocycles. The molecule has 9 nitrogen and oxygen atoms in total. The van der Waals surface area contributed by atoms with Crippen molar-refractivity contribution in [1.82, 2.24) is 26.6 Å². The summed E-state index contributed by atoms with van der Waals surface area (Å²) >= 11 is 0. The second-order valence-electron chi connectivity index (χ2n) is 9.24. The number of likely N-dealkylation sites (N-methyl/N-ethyl adjacent to an activating group) is 1. The van der Waals surface area contributed by atoms with Crippen LogP contribution in [0.3, 0.4) is 0 Å². The van der Waals surface area contributed by atoms with Crippen LogP contribution >= 0.6 is 0 Å². The molecule has 0 saturated heterocycles. The predicted octanol–water partition coefficient (Wildman–Crippen LogP) is 3.79. The van der Waals surface area contributed by atoms with Crippen LogP contribution in [0.5, 0.6) is 5.75 Å². The number of alkyl halides is 3. The van der Waals surface area contributed by atoms with E-state index in [0.29, 0.717) is 17.0 Å². The zero-order valence-electron chi connectivity index (χ0n) is 22.2. The quantitative estimate of drug-likeness (QED) is 0.399. The normalized spacial score (nSPS) is 19.3. The van der Waals surface area contributed by atoms with Crippen molar-refractivity contribution >= 4 is 17.3 Å². The maximum absolute atomic E-state index is 13.9. The molecule has 208 valence electrons. The van der Waals surface area contributed by atoms with E-state index in [1.807, 2.05) is 13.0 Å². The lowest BCUT2D eigenvalue weighted by atomic mass is 9.81. The number of ether oxygens (including phenoxy) is 2. The van der Waals surface area contributed by atoms with Crippen molar-refractivity contribution in [2.24, 2.45) is 11.8 Å². The Kier molecular flexibility index (Phi) is 8.17. The molecule has 4 rings (SSSR count). The summed E-state index contributed by atoms with van der Waals surface area (Å²) in [5.41, 5.74) is 9.81. The average molecular weight is 545 g/mol. The van der Waals surface area contributed by atoms with Crippen LogP contribution in [0.4, 0.5) is 18.9 Å². The van der Waals surface area contributed by atoms with Crippen molar-refractivity contribution in [3.05, 3.63) is 82.7 Å². The van der Waals surface area contributed by atoms with Gasteiger partial charge < -0.3 is 25.5 Å². The number of aromatic nitrogens is 1. The first-order chi connectivity index (χ1) is 18.6. The third kappa shape index (κ3) is 5.86. The van der Waals surface area contributed by atoms with Crippen LogP contribution in [0.2, 0.25) is 0 Å².